The lowest BCUT2D eigenvalue weighted by Crippen LogP contribution is -2.32. The zero-order chi connectivity index (χ0) is 29.7. The third kappa shape index (κ3) is 6.96. The van der Waals surface area contributed by atoms with Crippen LogP contribution in [0.3, 0.4) is 0 Å². The maximum absolute atomic E-state index is 13.4. The molecule has 1 aromatic heterocycles. The third-order valence-electron chi connectivity index (χ3n) is 7.66. The molecule has 2 atom stereocenters. The smallest absolute Gasteiger partial charge is 0.245 e. The van der Waals surface area contributed by atoms with Crippen molar-refractivity contribution in [1.29, 1.82) is 0 Å². The van der Waals surface area contributed by atoms with E-state index < -0.39 is 16.1 Å². The molecule has 0 bridgehead atoms. The number of ether oxygens (including phenoxy) is 2. The zero-order valence-corrected chi connectivity index (χ0v) is 25.3. The van der Waals surface area contributed by atoms with Crippen molar-refractivity contribution in [2.24, 2.45) is 0 Å². The van der Waals surface area contributed by atoms with Gasteiger partial charge in [-0.3, -0.25) is 0 Å². The minimum atomic E-state index is -3.84. The number of anilines is 4. The lowest BCUT2D eigenvalue weighted by molar-refractivity contribution is 0.189. The first-order chi connectivity index (χ1) is 20.3. The molecule has 13 heteroatoms. The lowest BCUT2D eigenvalue weighted by Gasteiger charge is -2.19. The second kappa shape index (κ2) is 13.5. The molecule has 5 rings (SSSR count). The van der Waals surface area contributed by atoms with E-state index in [1.54, 1.807) is 32.4 Å². The number of benzene rings is 2. The highest BCUT2D eigenvalue weighted by atomic mass is 35.5. The number of nitrogens with zero attached hydrogens (tertiary/aromatic N) is 3. The molecule has 1 aliphatic carbocycles. The molecule has 1 saturated heterocycles. The molecule has 1 aliphatic heterocycles. The van der Waals surface area contributed by atoms with E-state index in [2.05, 4.69) is 38.1 Å². The number of aryl methyl sites for hydroxylation is 2. The van der Waals surface area contributed by atoms with Crippen LogP contribution in [0.25, 0.3) is 0 Å². The van der Waals surface area contributed by atoms with Crippen molar-refractivity contribution in [1.82, 2.24) is 19.6 Å². The molecule has 1 fully saturated rings. The average Bonchev–Trinajstić information content (AvgIpc) is 3.34. The number of nitrogens with one attached hydrogen (secondary N) is 3. The van der Waals surface area contributed by atoms with Crippen molar-refractivity contribution < 1.29 is 23.0 Å². The van der Waals surface area contributed by atoms with Crippen molar-refractivity contribution in [3.05, 3.63) is 58.7 Å². The first kappa shape index (κ1) is 30.5. The molecule has 2 heterocycles. The van der Waals surface area contributed by atoms with Crippen LogP contribution in [0, 0.1) is 0 Å². The Hall–Kier alpha value is -3.00. The van der Waals surface area contributed by atoms with Crippen LogP contribution in [-0.4, -0.2) is 80.4 Å². The Balaban J connectivity index is 1.36. The highest BCUT2D eigenvalue weighted by molar-refractivity contribution is 7.89. The van der Waals surface area contributed by atoms with Crippen LogP contribution in [0.1, 0.15) is 30.4 Å². The number of hydrogen-bond acceptors (Lipinski definition) is 10. The van der Waals surface area contributed by atoms with Gasteiger partial charge < -0.3 is 30.5 Å². The summed E-state index contributed by atoms with van der Waals surface area (Å²) in [7, 11) is -0.505. The SMILES string of the molecule is COCCNC1CCc2cc(Nc3ncc(Cl)c(Nc4ccccc4S(=O)(=O)N4CCC(O)C4)n3)c(OC)cc2CC1. The van der Waals surface area contributed by atoms with Crippen LogP contribution >= 0.6 is 11.6 Å². The number of para-hydroxylation sites is 1. The molecule has 2 unspecified atom stereocenters. The van der Waals surface area contributed by atoms with Gasteiger partial charge in [-0.1, -0.05) is 23.7 Å². The molecule has 4 N–H and O–H groups in total. The number of fused-ring (bicyclic) bond motifs is 1. The molecule has 0 saturated carbocycles. The Morgan fingerprint density at radius 2 is 1.83 bits per heavy atom. The van der Waals surface area contributed by atoms with Crippen LogP contribution in [0.5, 0.6) is 5.75 Å². The van der Waals surface area contributed by atoms with Crippen LogP contribution in [-0.2, 0) is 27.6 Å². The summed E-state index contributed by atoms with van der Waals surface area (Å²) in [4.78, 5) is 8.99. The summed E-state index contributed by atoms with van der Waals surface area (Å²) >= 11 is 6.45. The highest BCUT2D eigenvalue weighted by Gasteiger charge is 2.33. The van der Waals surface area contributed by atoms with Gasteiger partial charge in [-0.2, -0.15) is 9.29 Å². The Morgan fingerprint density at radius 1 is 1.07 bits per heavy atom. The molecular formula is C29H37ClN6O5S. The summed E-state index contributed by atoms with van der Waals surface area (Å²) in [6.07, 6.45) is 5.12. The second-order valence-corrected chi connectivity index (χ2v) is 12.8. The molecule has 0 radical (unpaired) electrons. The van der Waals surface area contributed by atoms with E-state index in [0.717, 1.165) is 37.9 Å². The summed E-state index contributed by atoms with van der Waals surface area (Å²) in [5.74, 6) is 1.20. The van der Waals surface area contributed by atoms with Gasteiger partial charge in [0.15, 0.2) is 5.82 Å². The monoisotopic (exact) mass is 616 g/mol. The Bertz CT molecular complexity index is 1510. The summed E-state index contributed by atoms with van der Waals surface area (Å²) in [6, 6.07) is 11.1. The van der Waals surface area contributed by atoms with Gasteiger partial charge in [0.25, 0.3) is 0 Å². The van der Waals surface area contributed by atoms with Gasteiger partial charge in [0, 0.05) is 32.8 Å². The van der Waals surface area contributed by atoms with Gasteiger partial charge in [-0.15, -0.1) is 0 Å². The number of sulfonamides is 1. The van der Waals surface area contributed by atoms with Crippen molar-refractivity contribution in [3.63, 3.8) is 0 Å². The molecule has 11 nitrogen and oxygen atoms in total. The summed E-state index contributed by atoms with van der Waals surface area (Å²) in [6.45, 7) is 1.84. The number of methoxy groups -OCH3 is 2. The van der Waals surface area contributed by atoms with Crippen LogP contribution in [0.15, 0.2) is 47.5 Å². The molecular weight excluding hydrogens is 580 g/mol. The molecule has 42 heavy (non-hydrogen) atoms. The fourth-order valence-electron chi connectivity index (χ4n) is 5.40. The Kier molecular flexibility index (Phi) is 9.81. The molecule has 3 aromatic rings. The number of β-amino-alcohol motifs (C(OH)–C–C–N with tert-alkyl or cyclic N) is 1. The number of aromatic nitrogens is 2. The number of aliphatic hydroxyl groups excluding tert-OH is 1. The minimum Gasteiger partial charge on any atom is -0.495 e. The van der Waals surface area contributed by atoms with Gasteiger partial charge in [-0.25, -0.2) is 13.4 Å². The Morgan fingerprint density at radius 3 is 2.55 bits per heavy atom. The van der Waals surface area contributed by atoms with Crippen molar-refractivity contribution in [3.8, 4) is 5.75 Å². The van der Waals surface area contributed by atoms with E-state index in [4.69, 9.17) is 21.1 Å². The fraction of sp³-hybridized carbons (Fsp3) is 0.448. The average molecular weight is 617 g/mol. The number of aliphatic hydroxyl groups is 1. The first-order valence-electron chi connectivity index (χ1n) is 14.0. The number of rotatable bonds is 11. The zero-order valence-electron chi connectivity index (χ0n) is 23.8. The quantitative estimate of drug-likeness (QED) is 0.186. The van der Waals surface area contributed by atoms with Gasteiger partial charge in [-0.05, 0) is 67.5 Å². The van der Waals surface area contributed by atoms with Crippen molar-refractivity contribution >= 4 is 44.8 Å². The summed E-state index contributed by atoms with van der Waals surface area (Å²) in [5.41, 5.74) is 3.55. The van der Waals surface area contributed by atoms with Crippen molar-refractivity contribution in [2.75, 3.05) is 51.1 Å². The summed E-state index contributed by atoms with van der Waals surface area (Å²) < 4.78 is 38.9. The largest absolute Gasteiger partial charge is 0.495 e. The lowest BCUT2D eigenvalue weighted by atomic mass is 10.0. The van der Waals surface area contributed by atoms with Crippen LogP contribution < -0.4 is 20.7 Å². The maximum Gasteiger partial charge on any atom is 0.245 e. The molecule has 2 aliphatic rings. The van der Waals surface area contributed by atoms with E-state index in [1.807, 2.05) is 0 Å². The summed E-state index contributed by atoms with van der Waals surface area (Å²) in [5, 5.41) is 20.0. The standard InChI is InChI=1S/C29H37ClN6O5S/c1-40-14-12-31-21-9-7-19-15-25(26(41-2)16-20(19)8-10-21)34-29-32-17-23(30)28(35-29)33-24-5-3-4-6-27(24)42(38,39)36-13-11-22(37)18-36/h3-6,15-17,21-22,31,37H,7-14,18H2,1-2H3,(H2,32,33,34,35). The predicted octanol–water partition coefficient (Wildman–Crippen LogP) is 3.86. The topological polar surface area (TPSA) is 138 Å². The van der Waals surface area contributed by atoms with Crippen molar-refractivity contribution in [2.45, 2.75) is 49.1 Å². The fourth-order valence-corrected chi connectivity index (χ4v) is 7.18. The highest BCUT2D eigenvalue weighted by Crippen LogP contribution is 2.35. The van der Waals surface area contributed by atoms with Crippen LogP contribution in [0.4, 0.5) is 23.1 Å². The second-order valence-electron chi connectivity index (χ2n) is 10.5. The molecule has 0 amide bonds. The number of hydrogen-bond donors (Lipinski definition) is 4. The first-order valence-corrected chi connectivity index (χ1v) is 15.9. The predicted molar refractivity (Wildman–Crippen MR) is 163 cm³/mol. The van der Waals surface area contributed by atoms with Crippen LogP contribution in [0.2, 0.25) is 5.02 Å². The van der Waals surface area contributed by atoms with E-state index >= 15 is 0 Å². The Labute approximate surface area is 251 Å². The minimum absolute atomic E-state index is 0.0621. The number of halogens is 1. The normalized spacial score (nSPS) is 19.2. The van der Waals surface area contributed by atoms with E-state index in [0.29, 0.717) is 30.5 Å². The van der Waals surface area contributed by atoms with Gasteiger partial charge in [0.05, 0.1) is 37.4 Å². The molecule has 226 valence electrons. The molecule has 2 aromatic carbocycles. The molecule has 0 spiro atoms. The van der Waals surface area contributed by atoms with Gasteiger partial charge >= 0.3 is 0 Å². The third-order valence-corrected chi connectivity index (χ3v) is 9.86. The van der Waals surface area contributed by atoms with Gasteiger partial charge in [0.2, 0.25) is 16.0 Å². The van der Waals surface area contributed by atoms with E-state index in [-0.39, 0.29) is 34.8 Å². The van der Waals surface area contributed by atoms with Gasteiger partial charge in [0.1, 0.15) is 15.7 Å². The van der Waals surface area contributed by atoms with E-state index in [1.165, 1.54) is 27.7 Å². The maximum atomic E-state index is 13.4. The van der Waals surface area contributed by atoms with E-state index in [9.17, 15) is 13.5 Å².